The Kier molecular flexibility index (Phi) is 6.28. The molecule has 1 amide bonds. The van der Waals surface area contributed by atoms with Gasteiger partial charge < -0.3 is 0 Å². The molecule has 1 atom stereocenters. The van der Waals surface area contributed by atoms with Crippen molar-refractivity contribution in [3.8, 4) is 6.07 Å². The van der Waals surface area contributed by atoms with Crippen molar-refractivity contribution >= 4 is 5.91 Å². The van der Waals surface area contributed by atoms with Crippen LogP contribution in [0.4, 0.5) is 8.78 Å². The molecule has 1 aromatic heterocycles. The fourth-order valence-electron chi connectivity index (χ4n) is 4.75. The number of benzene rings is 1. The highest BCUT2D eigenvalue weighted by molar-refractivity contribution is 5.78. The van der Waals surface area contributed by atoms with Crippen molar-refractivity contribution in [2.24, 2.45) is 11.8 Å². The molecule has 2 aliphatic rings. The number of hydrogen-bond donors (Lipinski definition) is 0. The molecule has 2 aromatic rings. The number of hydrogen-bond acceptors (Lipinski definition) is 4. The Morgan fingerprint density at radius 1 is 1.16 bits per heavy atom. The topological polar surface area (TPSA) is 66.2 Å². The smallest absolute Gasteiger partial charge is 0.249 e. The number of halogens is 2. The van der Waals surface area contributed by atoms with Gasteiger partial charge in [0.15, 0.2) is 0 Å². The largest absolute Gasteiger partial charge is 0.272 e. The zero-order chi connectivity index (χ0) is 22.0. The molecule has 1 saturated carbocycles. The highest BCUT2D eigenvalue weighted by atomic mass is 19.1. The standard InChI is InChI=1S/C24H25F2N3O2/c1-15-19(13-28-14-20(15)12-27)8-16-2-4-17(5-3-16)24(30)29-23(6-7-31-29)18-9-21(25)11-22(26)10-18/h9-11,13-14,16-17,23H,2-8H2,1H3/t16?,17?,23-/m0/s1. The fourth-order valence-corrected chi connectivity index (χ4v) is 4.75. The molecule has 0 N–H and O–H groups in total. The molecule has 1 aromatic carbocycles. The van der Waals surface area contributed by atoms with E-state index in [1.54, 1.807) is 6.20 Å². The zero-order valence-electron chi connectivity index (χ0n) is 17.5. The summed E-state index contributed by atoms with van der Waals surface area (Å²) in [6.45, 7) is 2.30. The molecule has 2 heterocycles. The lowest BCUT2D eigenvalue weighted by Gasteiger charge is -2.32. The summed E-state index contributed by atoms with van der Waals surface area (Å²) >= 11 is 0. The van der Waals surface area contributed by atoms with Gasteiger partial charge in [-0.05, 0) is 73.8 Å². The number of carbonyl (C=O) groups excluding carboxylic acids is 1. The summed E-state index contributed by atoms with van der Waals surface area (Å²) in [7, 11) is 0. The van der Waals surface area contributed by atoms with Crippen molar-refractivity contribution in [1.82, 2.24) is 10.0 Å². The third-order valence-electron chi connectivity index (χ3n) is 6.54. The molecule has 31 heavy (non-hydrogen) atoms. The quantitative estimate of drug-likeness (QED) is 0.706. The second kappa shape index (κ2) is 9.11. The fraction of sp³-hybridized carbons (Fsp3) is 0.458. The Balaban J connectivity index is 1.38. The molecule has 1 saturated heterocycles. The highest BCUT2D eigenvalue weighted by Crippen LogP contribution is 2.37. The van der Waals surface area contributed by atoms with Gasteiger partial charge in [-0.25, -0.2) is 13.8 Å². The van der Waals surface area contributed by atoms with E-state index < -0.39 is 17.7 Å². The second-order valence-corrected chi connectivity index (χ2v) is 8.51. The van der Waals surface area contributed by atoms with Crippen LogP contribution in [0.2, 0.25) is 0 Å². The van der Waals surface area contributed by atoms with Crippen molar-refractivity contribution < 1.29 is 18.4 Å². The van der Waals surface area contributed by atoms with Gasteiger partial charge in [0.05, 0.1) is 18.2 Å². The third kappa shape index (κ3) is 4.59. The normalized spacial score (nSPS) is 23.5. The predicted octanol–water partition coefficient (Wildman–Crippen LogP) is 4.79. The summed E-state index contributed by atoms with van der Waals surface area (Å²) in [5.41, 5.74) is 3.10. The molecule has 7 heteroatoms. The molecule has 162 valence electrons. The van der Waals surface area contributed by atoms with E-state index in [4.69, 9.17) is 4.84 Å². The maximum Gasteiger partial charge on any atom is 0.249 e. The first-order valence-electron chi connectivity index (χ1n) is 10.7. The van der Waals surface area contributed by atoms with E-state index in [-0.39, 0.29) is 11.8 Å². The van der Waals surface area contributed by atoms with Crippen LogP contribution in [0.25, 0.3) is 0 Å². The monoisotopic (exact) mass is 425 g/mol. The summed E-state index contributed by atoms with van der Waals surface area (Å²) in [4.78, 5) is 22.9. The number of nitriles is 1. The van der Waals surface area contributed by atoms with Crippen LogP contribution in [0.3, 0.4) is 0 Å². The number of hydroxylamine groups is 2. The average Bonchev–Trinajstić information content (AvgIpc) is 3.24. The zero-order valence-corrected chi connectivity index (χ0v) is 17.5. The lowest BCUT2D eigenvalue weighted by molar-refractivity contribution is -0.183. The average molecular weight is 425 g/mol. The van der Waals surface area contributed by atoms with E-state index in [1.807, 2.05) is 13.1 Å². The van der Waals surface area contributed by atoms with E-state index >= 15 is 0 Å². The van der Waals surface area contributed by atoms with Crippen LogP contribution >= 0.6 is 0 Å². The van der Waals surface area contributed by atoms with Gasteiger partial charge in [0.25, 0.3) is 0 Å². The van der Waals surface area contributed by atoms with Gasteiger partial charge >= 0.3 is 0 Å². The van der Waals surface area contributed by atoms with Crippen LogP contribution in [-0.4, -0.2) is 22.6 Å². The van der Waals surface area contributed by atoms with Crippen LogP contribution in [0.5, 0.6) is 0 Å². The van der Waals surface area contributed by atoms with Gasteiger partial charge in [0, 0.05) is 30.8 Å². The van der Waals surface area contributed by atoms with Gasteiger partial charge in [-0.1, -0.05) is 0 Å². The molecule has 5 nitrogen and oxygen atoms in total. The minimum atomic E-state index is -0.653. The number of rotatable bonds is 4. The van der Waals surface area contributed by atoms with Crippen LogP contribution in [0.1, 0.15) is 60.4 Å². The Morgan fingerprint density at radius 3 is 2.55 bits per heavy atom. The lowest BCUT2D eigenvalue weighted by atomic mass is 9.78. The SMILES string of the molecule is Cc1c(C#N)cncc1CC1CCC(C(=O)N2OCC[C@H]2c2cc(F)cc(F)c2)CC1. The number of pyridine rings is 1. The molecule has 0 unspecified atom stereocenters. The molecule has 2 fully saturated rings. The molecule has 1 aliphatic carbocycles. The van der Waals surface area contributed by atoms with Gasteiger partial charge in [-0.3, -0.25) is 14.6 Å². The maximum absolute atomic E-state index is 13.7. The second-order valence-electron chi connectivity index (χ2n) is 8.51. The van der Waals surface area contributed by atoms with E-state index in [9.17, 15) is 18.8 Å². The molecule has 0 bridgehead atoms. The summed E-state index contributed by atoms with van der Waals surface area (Å²) < 4.78 is 27.3. The first-order chi connectivity index (χ1) is 15.0. The van der Waals surface area contributed by atoms with Crippen LogP contribution in [0.15, 0.2) is 30.6 Å². The summed E-state index contributed by atoms with van der Waals surface area (Å²) in [6, 6.07) is 5.08. The van der Waals surface area contributed by atoms with Gasteiger partial charge in [0.2, 0.25) is 5.91 Å². The van der Waals surface area contributed by atoms with E-state index in [0.29, 0.717) is 30.1 Å². The first kappa shape index (κ1) is 21.4. The molecular formula is C24H25F2N3O2. The number of nitrogens with zero attached hydrogens (tertiary/aromatic N) is 3. The summed E-state index contributed by atoms with van der Waals surface area (Å²) in [5.74, 6) is -1.12. The minimum absolute atomic E-state index is 0.102. The van der Waals surface area contributed by atoms with E-state index in [2.05, 4.69) is 11.1 Å². The van der Waals surface area contributed by atoms with Gasteiger partial charge in [-0.15, -0.1) is 0 Å². The molecule has 0 radical (unpaired) electrons. The number of aromatic nitrogens is 1. The first-order valence-corrected chi connectivity index (χ1v) is 10.7. The van der Waals surface area contributed by atoms with Crippen LogP contribution in [0, 0.1) is 41.7 Å². The highest BCUT2D eigenvalue weighted by Gasteiger charge is 2.37. The Morgan fingerprint density at radius 2 is 1.87 bits per heavy atom. The van der Waals surface area contributed by atoms with Crippen LogP contribution < -0.4 is 0 Å². The molecule has 4 rings (SSSR count). The summed E-state index contributed by atoms with van der Waals surface area (Å²) in [6.07, 6.45) is 8.08. The Hall–Kier alpha value is -2.85. The van der Waals surface area contributed by atoms with Crippen molar-refractivity contribution in [1.29, 1.82) is 5.26 Å². The Labute approximate surface area is 180 Å². The van der Waals surface area contributed by atoms with Crippen LogP contribution in [-0.2, 0) is 16.1 Å². The molecule has 1 aliphatic heterocycles. The van der Waals surface area contributed by atoms with Gasteiger partial charge in [0.1, 0.15) is 17.7 Å². The Bertz CT molecular complexity index is 992. The van der Waals surface area contributed by atoms with E-state index in [1.165, 1.54) is 17.2 Å². The van der Waals surface area contributed by atoms with Crippen molar-refractivity contribution in [2.75, 3.05) is 6.61 Å². The molecule has 0 spiro atoms. The number of amides is 1. The number of carbonyl (C=O) groups is 1. The van der Waals surface area contributed by atoms with E-state index in [0.717, 1.165) is 49.3 Å². The minimum Gasteiger partial charge on any atom is -0.272 e. The predicted molar refractivity (Wildman–Crippen MR) is 109 cm³/mol. The van der Waals surface area contributed by atoms with Crippen molar-refractivity contribution in [2.45, 2.75) is 51.5 Å². The third-order valence-corrected chi connectivity index (χ3v) is 6.54. The lowest BCUT2D eigenvalue weighted by Crippen LogP contribution is -2.36. The maximum atomic E-state index is 13.7. The molecular weight excluding hydrogens is 400 g/mol. The summed E-state index contributed by atoms with van der Waals surface area (Å²) in [5, 5.41) is 10.5. The van der Waals surface area contributed by atoms with Gasteiger partial charge in [-0.2, -0.15) is 5.26 Å². The van der Waals surface area contributed by atoms with Crippen molar-refractivity contribution in [3.05, 3.63) is 64.5 Å². The van der Waals surface area contributed by atoms with Crippen molar-refractivity contribution in [3.63, 3.8) is 0 Å².